The number of aryl methyl sites for hydroxylation is 1. The fraction of sp³-hybridized carbons (Fsp3) is 0.368. The van der Waals surface area contributed by atoms with Crippen LogP contribution in [0.25, 0.3) is 0 Å². The number of benzene rings is 2. The molecule has 4 nitrogen and oxygen atoms in total. The number of hydrogen-bond acceptors (Lipinski definition) is 4. The van der Waals surface area contributed by atoms with Gasteiger partial charge in [0.15, 0.2) is 0 Å². The Kier molecular flexibility index (Phi) is 5.16. The van der Waals surface area contributed by atoms with Crippen LogP contribution in [0, 0.1) is 6.92 Å². The van der Waals surface area contributed by atoms with Crippen molar-refractivity contribution in [1.82, 2.24) is 5.32 Å². The van der Waals surface area contributed by atoms with Gasteiger partial charge in [0, 0.05) is 19.5 Å². The maximum Gasteiger partial charge on any atom is 0.122 e. The molecule has 2 aromatic carbocycles. The maximum atomic E-state index is 10.0. The van der Waals surface area contributed by atoms with Gasteiger partial charge in [-0.2, -0.15) is 0 Å². The van der Waals surface area contributed by atoms with Gasteiger partial charge in [-0.3, -0.25) is 0 Å². The van der Waals surface area contributed by atoms with Crippen LogP contribution < -0.4 is 14.8 Å². The number of fused-ring (bicyclic) bond motifs is 1. The van der Waals surface area contributed by atoms with Crippen molar-refractivity contribution in [1.29, 1.82) is 0 Å². The number of nitrogens with one attached hydrogen (secondary N) is 1. The van der Waals surface area contributed by atoms with E-state index in [1.807, 2.05) is 37.3 Å². The van der Waals surface area contributed by atoms with Gasteiger partial charge in [0.05, 0.1) is 6.61 Å². The van der Waals surface area contributed by atoms with Crippen LogP contribution in [0.1, 0.15) is 16.7 Å². The Bertz CT molecular complexity index is 657. The topological polar surface area (TPSA) is 50.7 Å². The Hall–Kier alpha value is -2.04. The molecule has 2 aromatic rings. The molecule has 0 spiro atoms. The van der Waals surface area contributed by atoms with Crippen molar-refractivity contribution in [2.75, 3.05) is 19.8 Å². The highest BCUT2D eigenvalue weighted by Gasteiger charge is 2.12. The van der Waals surface area contributed by atoms with E-state index in [9.17, 15) is 5.11 Å². The molecule has 0 amide bonds. The Morgan fingerprint density at radius 2 is 2.17 bits per heavy atom. The van der Waals surface area contributed by atoms with Crippen LogP contribution >= 0.6 is 0 Å². The zero-order valence-corrected chi connectivity index (χ0v) is 13.4. The molecule has 0 aromatic heterocycles. The van der Waals surface area contributed by atoms with Gasteiger partial charge in [-0.15, -0.1) is 0 Å². The highest BCUT2D eigenvalue weighted by Crippen LogP contribution is 2.25. The summed E-state index contributed by atoms with van der Waals surface area (Å²) in [5.41, 5.74) is 3.63. The van der Waals surface area contributed by atoms with Gasteiger partial charge in [0.1, 0.15) is 24.2 Å². The third-order valence-electron chi connectivity index (χ3n) is 3.89. The summed E-state index contributed by atoms with van der Waals surface area (Å²) in [6.45, 7) is 4.32. The average Bonchev–Trinajstić information content (AvgIpc) is 3.01. The van der Waals surface area contributed by atoms with Crippen molar-refractivity contribution in [3.8, 4) is 11.5 Å². The van der Waals surface area contributed by atoms with Gasteiger partial charge in [-0.1, -0.05) is 24.3 Å². The minimum absolute atomic E-state index is 0.286. The first kappa shape index (κ1) is 15.8. The second-order valence-corrected chi connectivity index (χ2v) is 5.95. The van der Waals surface area contributed by atoms with Crippen molar-refractivity contribution in [3.63, 3.8) is 0 Å². The molecular formula is C19H23NO3. The molecule has 3 rings (SSSR count). The molecular weight excluding hydrogens is 290 g/mol. The zero-order valence-electron chi connectivity index (χ0n) is 13.4. The second-order valence-electron chi connectivity index (χ2n) is 5.95. The predicted molar refractivity (Wildman–Crippen MR) is 90.0 cm³/mol. The zero-order chi connectivity index (χ0) is 16.1. The Morgan fingerprint density at radius 1 is 1.26 bits per heavy atom. The molecule has 0 aliphatic carbocycles. The molecule has 1 heterocycles. The Labute approximate surface area is 137 Å². The maximum absolute atomic E-state index is 10.0. The van der Waals surface area contributed by atoms with Crippen molar-refractivity contribution < 1.29 is 14.6 Å². The Morgan fingerprint density at radius 3 is 3.04 bits per heavy atom. The minimum atomic E-state index is -0.534. The van der Waals surface area contributed by atoms with Crippen LogP contribution in [0.15, 0.2) is 42.5 Å². The molecule has 1 aliphatic heterocycles. The van der Waals surface area contributed by atoms with Gasteiger partial charge in [-0.25, -0.2) is 0 Å². The smallest absolute Gasteiger partial charge is 0.122 e. The molecule has 0 bridgehead atoms. The summed E-state index contributed by atoms with van der Waals surface area (Å²) in [4.78, 5) is 0. The highest BCUT2D eigenvalue weighted by molar-refractivity contribution is 5.39. The first-order chi connectivity index (χ1) is 11.2. The third-order valence-corrected chi connectivity index (χ3v) is 3.89. The molecule has 4 heteroatoms. The van der Waals surface area contributed by atoms with Crippen molar-refractivity contribution in [2.45, 2.75) is 26.0 Å². The molecule has 1 aliphatic rings. The van der Waals surface area contributed by atoms with Crippen molar-refractivity contribution >= 4 is 0 Å². The van der Waals surface area contributed by atoms with E-state index in [0.29, 0.717) is 6.54 Å². The fourth-order valence-corrected chi connectivity index (χ4v) is 2.69. The second kappa shape index (κ2) is 7.49. The van der Waals surface area contributed by atoms with E-state index < -0.39 is 6.10 Å². The van der Waals surface area contributed by atoms with Gasteiger partial charge in [0.2, 0.25) is 0 Å². The van der Waals surface area contributed by atoms with Crippen LogP contribution in [0.2, 0.25) is 0 Å². The lowest BCUT2D eigenvalue weighted by molar-refractivity contribution is 0.106. The van der Waals surface area contributed by atoms with Crippen LogP contribution in [0.4, 0.5) is 0 Å². The lowest BCUT2D eigenvalue weighted by Crippen LogP contribution is -2.31. The van der Waals surface area contributed by atoms with Gasteiger partial charge in [0.25, 0.3) is 0 Å². The molecule has 0 radical (unpaired) electrons. The van der Waals surface area contributed by atoms with E-state index in [-0.39, 0.29) is 6.61 Å². The van der Waals surface area contributed by atoms with Crippen molar-refractivity contribution in [2.24, 2.45) is 0 Å². The molecule has 0 fully saturated rings. The molecule has 1 atom stereocenters. The van der Waals surface area contributed by atoms with Gasteiger partial charge < -0.3 is 19.9 Å². The first-order valence-corrected chi connectivity index (χ1v) is 8.03. The Balaban J connectivity index is 1.40. The summed E-state index contributed by atoms with van der Waals surface area (Å²) in [5, 5.41) is 13.3. The largest absolute Gasteiger partial charge is 0.493 e. The number of aliphatic hydroxyl groups is 1. The quantitative estimate of drug-likeness (QED) is 0.824. The standard InChI is InChI=1S/C19H23NO3/c1-14-3-2-4-18(9-14)23-13-17(21)12-20-11-15-5-6-19-16(10-15)7-8-22-19/h2-6,9-10,17,20-21H,7-8,11-13H2,1H3. The lowest BCUT2D eigenvalue weighted by Gasteiger charge is -2.14. The van der Waals surface area contributed by atoms with Gasteiger partial charge in [-0.05, 0) is 41.8 Å². The first-order valence-electron chi connectivity index (χ1n) is 8.03. The number of rotatable bonds is 7. The van der Waals surface area contributed by atoms with E-state index >= 15 is 0 Å². The van der Waals surface area contributed by atoms with Gasteiger partial charge >= 0.3 is 0 Å². The van der Waals surface area contributed by atoms with E-state index in [1.54, 1.807) is 0 Å². The number of hydrogen-bond donors (Lipinski definition) is 2. The van der Waals surface area contributed by atoms with Crippen LogP contribution in [0.3, 0.4) is 0 Å². The third kappa shape index (κ3) is 4.47. The minimum Gasteiger partial charge on any atom is -0.493 e. The summed E-state index contributed by atoms with van der Waals surface area (Å²) in [6, 6.07) is 14.1. The van der Waals surface area contributed by atoms with Crippen molar-refractivity contribution in [3.05, 3.63) is 59.2 Å². The summed E-state index contributed by atoms with van der Waals surface area (Å²) >= 11 is 0. The fourth-order valence-electron chi connectivity index (χ4n) is 2.69. The predicted octanol–water partition coefficient (Wildman–Crippen LogP) is 2.46. The summed E-state index contributed by atoms with van der Waals surface area (Å²) < 4.78 is 11.1. The monoisotopic (exact) mass is 313 g/mol. The molecule has 2 N–H and O–H groups in total. The summed E-state index contributed by atoms with van der Waals surface area (Å²) in [7, 11) is 0. The molecule has 1 unspecified atom stereocenters. The average molecular weight is 313 g/mol. The van der Waals surface area contributed by atoms with E-state index in [1.165, 1.54) is 11.1 Å². The normalized spacial score (nSPS) is 14.2. The van der Waals surface area contributed by atoms with Crippen LogP contribution in [-0.2, 0) is 13.0 Å². The van der Waals surface area contributed by atoms with Crippen LogP contribution in [0.5, 0.6) is 11.5 Å². The van der Waals surface area contributed by atoms with E-state index in [0.717, 1.165) is 36.6 Å². The van der Waals surface area contributed by atoms with E-state index in [4.69, 9.17) is 9.47 Å². The highest BCUT2D eigenvalue weighted by atomic mass is 16.5. The molecule has 122 valence electrons. The summed E-state index contributed by atoms with van der Waals surface area (Å²) in [5.74, 6) is 1.79. The van der Waals surface area contributed by atoms with E-state index in [2.05, 4.69) is 17.4 Å². The molecule has 23 heavy (non-hydrogen) atoms. The number of ether oxygens (including phenoxy) is 2. The SMILES string of the molecule is Cc1cccc(OCC(O)CNCc2ccc3c(c2)CCO3)c1. The molecule has 0 saturated heterocycles. The van der Waals surface area contributed by atoms with Crippen LogP contribution in [-0.4, -0.2) is 31.0 Å². The summed E-state index contributed by atoms with van der Waals surface area (Å²) in [6.07, 6.45) is 0.448. The lowest BCUT2D eigenvalue weighted by atomic mass is 10.1. The molecule has 0 saturated carbocycles. The number of aliphatic hydroxyl groups excluding tert-OH is 1.